The standard InChI is InChI=1S/C22H19NO2/c24-21-14-8-7-13-19(21)20-16-22(25-23-20,18-11-5-2-6-12-18)15-17-9-3-1-4-10-17/h1-14,24H,15-16H2. The van der Waals surface area contributed by atoms with Crippen LogP contribution in [0.15, 0.2) is 90.1 Å². The zero-order chi connectivity index (χ0) is 17.1. The third-order valence-corrected chi connectivity index (χ3v) is 4.63. The molecule has 0 bridgehead atoms. The maximum absolute atomic E-state index is 10.2. The van der Waals surface area contributed by atoms with Gasteiger partial charge in [0.1, 0.15) is 5.75 Å². The van der Waals surface area contributed by atoms with E-state index in [0.29, 0.717) is 6.42 Å². The first-order valence-corrected chi connectivity index (χ1v) is 8.40. The largest absolute Gasteiger partial charge is 0.507 e. The van der Waals surface area contributed by atoms with Crippen molar-refractivity contribution in [3.63, 3.8) is 0 Å². The zero-order valence-electron chi connectivity index (χ0n) is 13.8. The van der Waals surface area contributed by atoms with Crippen LogP contribution in [0.5, 0.6) is 5.75 Å². The van der Waals surface area contributed by atoms with E-state index in [1.807, 2.05) is 54.6 Å². The van der Waals surface area contributed by atoms with Gasteiger partial charge in [-0.1, -0.05) is 78.0 Å². The van der Waals surface area contributed by atoms with E-state index in [2.05, 4.69) is 29.4 Å². The van der Waals surface area contributed by atoms with Gasteiger partial charge in [0.15, 0.2) is 5.60 Å². The fraction of sp³-hybridized carbons (Fsp3) is 0.136. The van der Waals surface area contributed by atoms with Crippen LogP contribution in [0, 0.1) is 0 Å². The molecule has 0 saturated heterocycles. The Morgan fingerprint density at radius 3 is 2.20 bits per heavy atom. The summed E-state index contributed by atoms with van der Waals surface area (Å²) in [7, 11) is 0. The van der Waals surface area contributed by atoms with Crippen LogP contribution < -0.4 is 0 Å². The van der Waals surface area contributed by atoms with Gasteiger partial charge in [-0.2, -0.15) is 0 Å². The molecule has 1 unspecified atom stereocenters. The predicted octanol–water partition coefficient (Wildman–Crippen LogP) is 4.65. The average molecular weight is 329 g/mol. The number of rotatable bonds is 4. The zero-order valence-corrected chi connectivity index (χ0v) is 13.8. The molecule has 3 heteroatoms. The number of hydrogen-bond donors (Lipinski definition) is 1. The van der Waals surface area contributed by atoms with Crippen LogP contribution in [0.3, 0.4) is 0 Å². The molecule has 1 N–H and O–H groups in total. The van der Waals surface area contributed by atoms with Crippen molar-refractivity contribution in [2.45, 2.75) is 18.4 Å². The lowest BCUT2D eigenvalue weighted by molar-refractivity contribution is -0.0230. The van der Waals surface area contributed by atoms with E-state index >= 15 is 0 Å². The highest BCUT2D eigenvalue weighted by Crippen LogP contribution is 2.40. The Balaban J connectivity index is 1.71. The normalized spacial score (nSPS) is 19.3. The van der Waals surface area contributed by atoms with Gasteiger partial charge in [-0.15, -0.1) is 0 Å². The molecule has 0 fully saturated rings. The molecule has 3 nitrogen and oxygen atoms in total. The minimum atomic E-state index is -0.555. The summed E-state index contributed by atoms with van der Waals surface area (Å²) in [5, 5.41) is 14.5. The molecule has 1 heterocycles. The molecule has 4 rings (SSSR count). The molecule has 0 amide bonds. The number of para-hydroxylation sites is 1. The number of phenols is 1. The van der Waals surface area contributed by atoms with E-state index in [1.54, 1.807) is 6.07 Å². The highest BCUT2D eigenvalue weighted by atomic mass is 16.7. The summed E-state index contributed by atoms with van der Waals surface area (Å²) in [6.45, 7) is 0. The first-order chi connectivity index (χ1) is 12.3. The summed E-state index contributed by atoms with van der Waals surface area (Å²) in [6.07, 6.45) is 1.34. The molecule has 0 spiro atoms. The second-order valence-corrected chi connectivity index (χ2v) is 6.35. The minimum Gasteiger partial charge on any atom is -0.507 e. The SMILES string of the molecule is Oc1ccccc1C1=NOC(Cc2ccccc2)(c2ccccc2)C1. The van der Waals surface area contributed by atoms with E-state index in [1.165, 1.54) is 5.56 Å². The lowest BCUT2D eigenvalue weighted by Crippen LogP contribution is -2.29. The Morgan fingerprint density at radius 1 is 0.840 bits per heavy atom. The quantitative estimate of drug-likeness (QED) is 0.757. The minimum absolute atomic E-state index is 0.230. The summed E-state index contributed by atoms with van der Waals surface area (Å²) in [6, 6.07) is 27.7. The third-order valence-electron chi connectivity index (χ3n) is 4.63. The number of benzene rings is 3. The van der Waals surface area contributed by atoms with Crippen molar-refractivity contribution in [3.8, 4) is 5.75 Å². The van der Waals surface area contributed by atoms with Crippen molar-refractivity contribution in [1.82, 2.24) is 0 Å². The van der Waals surface area contributed by atoms with E-state index in [4.69, 9.17) is 4.84 Å². The van der Waals surface area contributed by atoms with Crippen molar-refractivity contribution < 1.29 is 9.94 Å². The lowest BCUT2D eigenvalue weighted by atomic mass is 9.82. The van der Waals surface area contributed by atoms with Gasteiger partial charge in [-0.3, -0.25) is 0 Å². The van der Waals surface area contributed by atoms with Gasteiger partial charge >= 0.3 is 0 Å². The highest BCUT2D eigenvalue weighted by molar-refractivity contribution is 6.03. The average Bonchev–Trinajstić information content (AvgIpc) is 3.09. The van der Waals surface area contributed by atoms with Gasteiger partial charge in [-0.05, 0) is 23.3 Å². The Morgan fingerprint density at radius 2 is 1.48 bits per heavy atom. The van der Waals surface area contributed by atoms with Crippen molar-refractivity contribution in [2.75, 3.05) is 0 Å². The lowest BCUT2D eigenvalue weighted by Gasteiger charge is -2.27. The maximum Gasteiger partial charge on any atom is 0.172 e. The molecule has 0 radical (unpaired) electrons. The molecule has 0 saturated carbocycles. The van der Waals surface area contributed by atoms with Gasteiger partial charge in [0.25, 0.3) is 0 Å². The number of oxime groups is 1. The van der Waals surface area contributed by atoms with Crippen molar-refractivity contribution in [2.24, 2.45) is 5.16 Å². The number of hydrogen-bond acceptors (Lipinski definition) is 3. The molecule has 0 aliphatic carbocycles. The number of nitrogens with zero attached hydrogens (tertiary/aromatic N) is 1. The summed E-state index contributed by atoms with van der Waals surface area (Å²) in [4.78, 5) is 6.03. The molecule has 1 atom stereocenters. The second kappa shape index (κ2) is 6.44. The van der Waals surface area contributed by atoms with Gasteiger partial charge in [0.05, 0.1) is 5.71 Å². The molecule has 0 aromatic heterocycles. The molecule has 25 heavy (non-hydrogen) atoms. The molecule has 1 aliphatic heterocycles. The van der Waals surface area contributed by atoms with Crippen LogP contribution in [-0.2, 0) is 16.9 Å². The van der Waals surface area contributed by atoms with Crippen LogP contribution in [0.25, 0.3) is 0 Å². The van der Waals surface area contributed by atoms with Crippen LogP contribution in [0.2, 0.25) is 0 Å². The number of phenolic OH excluding ortho intramolecular Hbond substituents is 1. The molecular weight excluding hydrogens is 310 g/mol. The van der Waals surface area contributed by atoms with Crippen molar-refractivity contribution in [3.05, 3.63) is 102 Å². The van der Waals surface area contributed by atoms with Crippen molar-refractivity contribution >= 4 is 5.71 Å². The topological polar surface area (TPSA) is 41.8 Å². The highest BCUT2D eigenvalue weighted by Gasteiger charge is 2.41. The van der Waals surface area contributed by atoms with E-state index in [-0.39, 0.29) is 5.75 Å². The van der Waals surface area contributed by atoms with E-state index < -0.39 is 5.60 Å². The van der Waals surface area contributed by atoms with Gasteiger partial charge in [0, 0.05) is 18.4 Å². The van der Waals surface area contributed by atoms with Crippen LogP contribution >= 0.6 is 0 Å². The molecule has 3 aromatic carbocycles. The van der Waals surface area contributed by atoms with Crippen LogP contribution in [0.4, 0.5) is 0 Å². The van der Waals surface area contributed by atoms with Crippen LogP contribution in [-0.4, -0.2) is 10.8 Å². The molecule has 124 valence electrons. The second-order valence-electron chi connectivity index (χ2n) is 6.35. The monoisotopic (exact) mass is 329 g/mol. The van der Waals surface area contributed by atoms with E-state index in [0.717, 1.165) is 23.3 Å². The summed E-state index contributed by atoms with van der Waals surface area (Å²) in [5.74, 6) is 0.230. The Kier molecular flexibility index (Phi) is 3.98. The molecular formula is C22H19NO2. The molecule has 3 aromatic rings. The van der Waals surface area contributed by atoms with Crippen molar-refractivity contribution in [1.29, 1.82) is 0 Å². The maximum atomic E-state index is 10.2. The fourth-order valence-electron chi connectivity index (χ4n) is 3.36. The summed E-state index contributed by atoms with van der Waals surface area (Å²) < 4.78 is 0. The fourth-order valence-corrected chi connectivity index (χ4v) is 3.36. The summed E-state index contributed by atoms with van der Waals surface area (Å²) >= 11 is 0. The third kappa shape index (κ3) is 3.01. The smallest absolute Gasteiger partial charge is 0.172 e. The van der Waals surface area contributed by atoms with E-state index in [9.17, 15) is 5.11 Å². The molecule has 1 aliphatic rings. The first kappa shape index (κ1) is 15.5. The van der Waals surface area contributed by atoms with Gasteiger partial charge in [-0.25, -0.2) is 0 Å². The Bertz CT molecular complexity index is 890. The predicted molar refractivity (Wildman–Crippen MR) is 98.6 cm³/mol. The van der Waals surface area contributed by atoms with Gasteiger partial charge in [0.2, 0.25) is 0 Å². The summed E-state index contributed by atoms with van der Waals surface area (Å²) in [5.41, 5.74) is 3.24. The van der Waals surface area contributed by atoms with Gasteiger partial charge < -0.3 is 9.94 Å². The number of aromatic hydroxyl groups is 1. The van der Waals surface area contributed by atoms with Crippen LogP contribution in [0.1, 0.15) is 23.1 Å². The Hall–Kier alpha value is -3.07. The Labute approximate surface area is 147 Å². The first-order valence-electron chi connectivity index (χ1n) is 8.40.